The lowest BCUT2D eigenvalue weighted by Gasteiger charge is -2.11. The Labute approximate surface area is 210 Å². The molecule has 3 aromatic carbocycles. The highest BCUT2D eigenvalue weighted by Gasteiger charge is 2.13. The first kappa shape index (κ1) is 25.0. The predicted molar refractivity (Wildman–Crippen MR) is 135 cm³/mol. The van der Waals surface area contributed by atoms with Crippen LogP contribution in [0.25, 0.3) is 6.08 Å². The number of ether oxygens (including phenoxy) is 2. The summed E-state index contributed by atoms with van der Waals surface area (Å²) in [6.07, 6.45) is 1.46. The highest BCUT2D eigenvalue weighted by Crippen LogP contribution is 2.27. The van der Waals surface area contributed by atoms with Crippen LogP contribution in [0.4, 0.5) is 5.69 Å². The SMILES string of the molecule is CCOC(=O)c1ccc(NC(=O)/C(C#N)=C/c2cc(Br)ccc2OCc2cccc(Cl)c2)cc1. The van der Waals surface area contributed by atoms with Gasteiger partial charge in [0.25, 0.3) is 5.91 Å². The minimum Gasteiger partial charge on any atom is -0.488 e. The molecule has 0 aliphatic heterocycles. The van der Waals surface area contributed by atoms with Crippen LogP contribution in [0.5, 0.6) is 5.75 Å². The molecule has 1 N–H and O–H groups in total. The van der Waals surface area contributed by atoms with E-state index in [1.807, 2.05) is 24.3 Å². The van der Waals surface area contributed by atoms with Crippen molar-refractivity contribution in [3.63, 3.8) is 0 Å². The molecule has 34 heavy (non-hydrogen) atoms. The minimum absolute atomic E-state index is 0.111. The normalized spacial score (nSPS) is 10.8. The molecule has 0 aliphatic carbocycles. The third-order valence-electron chi connectivity index (χ3n) is 4.57. The highest BCUT2D eigenvalue weighted by atomic mass is 79.9. The van der Waals surface area contributed by atoms with Gasteiger partial charge in [0.05, 0.1) is 12.2 Å². The molecule has 0 unspecified atom stereocenters. The van der Waals surface area contributed by atoms with Crippen LogP contribution >= 0.6 is 27.5 Å². The molecule has 1 amide bonds. The van der Waals surface area contributed by atoms with Crippen molar-refractivity contribution in [2.75, 3.05) is 11.9 Å². The molecule has 172 valence electrons. The molecule has 0 saturated carbocycles. The summed E-state index contributed by atoms with van der Waals surface area (Å²) in [5, 5.41) is 12.9. The number of amides is 1. The van der Waals surface area contributed by atoms with Gasteiger partial charge in [0, 0.05) is 20.7 Å². The van der Waals surface area contributed by atoms with E-state index in [2.05, 4.69) is 21.2 Å². The van der Waals surface area contributed by atoms with Gasteiger partial charge in [-0.1, -0.05) is 39.7 Å². The molecule has 3 rings (SSSR count). The second kappa shape index (κ2) is 12.0. The predicted octanol–water partition coefficient (Wildman–Crippen LogP) is 6.40. The third-order valence-corrected chi connectivity index (χ3v) is 5.30. The number of anilines is 1. The number of nitrogens with one attached hydrogen (secondary N) is 1. The molecule has 0 fully saturated rings. The lowest BCUT2D eigenvalue weighted by atomic mass is 10.1. The van der Waals surface area contributed by atoms with Gasteiger partial charge >= 0.3 is 5.97 Å². The first-order valence-electron chi connectivity index (χ1n) is 10.3. The first-order chi connectivity index (χ1) is 16.4. The maximum absolute atomic E-state index is 12.7. The van der Waals surface area contributed by atoms with Gasteiger partial charge in [-0.05, 0) is 73.2 Å². The van der Waals surface area contributed by atoms with Crippen LogP contribution < -0.4 is 10.1 Å². The fourth-order valence-corrected chi connectivity index (χ4v) is 3.55. The van der Waals surface area contributed by atoms with E-state index in [9.17, 15) is 14.9 Å². The van der Waals surface area contributed by atoms with Crippen molar-refractivity contribution in [1.29, 1.82) is 5.26 Å². The Balaban J connectivity index is 1.77. The van der Waals surface area contributed by atoms with Gasteiger partial charge in [-0.25, -0.2) is 4.79 Å². The van der Waals surface area contributed by atoms with E-state index in [4.69, 9.17) is 21.1 Å². The number of carbonyl (C=O) groups is 2. The van der Waals surface area contributed by atoms with Gasteiger partial charge in [-0.3, -0.25) is 4.79 Å². The quantitative estimate of drug-likeness (QED) is 0.203. The second-order valence-electron chi connectivity index (χ2n) is 7.02. The summed E-state index contributed by atoms with van der Waals surface area (Å²) >= 11 is 9.44. The van der Waals surface area contributed by atoms with E-state index >= 15 is 0 Å². The van der Waals surface area contributed by atoms with Crippen molar-refractivity contribution in [3.8, 4) is 11.8 Å². The van der Waals surface area contributed by atoms with Gasteiger partial charge in [-0.15, -0.1) is 0 Å². The number of hydrogen-bond donors (Lipinski definition) is 1. The minimum atomic E-state index is -0.591. The number of carbonyl (C=O) groups excluding carboxylic acids is 2. The molecule has 0 aromatic heterocycles. The van der Waals surface area contributed by atoms with Crippen LogP contribution in [0.15, 0.2) is 76.8 Å². The van der Waals surface area contributed by atoms with Crippen LogP contribution in [0.1, 0.15) is 28.4 Å². The molecule has 0 saturated heterocycles. The summed E-state index contributed by atoms with van der Waals surface area (Å²) in [7, 11) is 0. The summed E-state index contributed by atoms with van der Waals surface area (Å²) in [5.41, 5.74) is 2.13. The van der Waals surface area contributed by atoms with E-state index < -0.39 is 11.9 Å². The van der Waals surface area contributed by atoms with Crippen molar-refractivity contribution in [2.45, 2.75) is 13.5 Å². The van der Waals surface area contributed by atoms with Gasteiger partial charge in [0.15, 0.2) is 0 Å². The standard InChI is InChI=1S/C26H20BrClN2O4/c1-2-33-26(32)18-6-9-23(10-7-18)30-25(31)20(15-29)13-19-14-21(27)8-11-24(19)34-16-17-4-3-5-22(28)12-17/h3-14H,2,16H2,1H3,(H,30,31)/b20-13+. The number of benzene rings is 3. The zero-order chi connectivity index (χ0) is 24.5. The van der Waals surface area contributed by atoms with Crippen LogP contribution in [0, 0.1) is 11.3 Å². The van der Waals surface area contributed by atoms with Crippen LogP contribution in [-0.4, -0.2) is 18.5 Å². The molecule has 3 aromatic rings. The molecular weight excluding hydrogens is 520 g/mol. The van der Waals surface area contributed by atoms with Gasteiger partial charge < -0.3 is 14.8 Å². The van der Waals surface area contributed by atoms with E-state index in [1.54, 1.807) is 55.5 Å². The number of nitriles is 1. The van der Waals surface area contributed by atoms with Crippen LogP contribution in [0.2, 0.25) is 5.02 Å². The molecule has 0 bridgehead atoms. The zero-order valence-electron chi connectivity index (χ0n) is 18.2. The molecule has 0 aliphatic rings. The maximum Gasteiger partial charge on any atom is 0.338 e. The van der Waals surface area contributed by atoms with Crippen molar-refractivity contribution in [2.24, 2.45) is 0 Å². The zero-order valence-corrected chi connectivity index (χ0v) is 20.5. The van der Waals surface area contributed by atoms with Gasteiger partial charge in [0.1, 0.15) is 24.0 Å². The molecular formula is C26H20BrClN2O4. The molecule has 0 heterocycles. The summed E-state index contributed by atoms with van der Waals surface area (Å²) in [6, 6.07) is 20.8. The third kappa shape index (κ3) is 6.95. The number of rotatable bonds is 8. The Kier molecular flexibility index (Phi) is 8.86. The Hall–Kier alpha value is -3.60. The molecule has 0 spiro atoms. The van der Waals surface area contributed by atoms with E-state index in [0.717, 1.165) is 10.0 Å². The fraction of sp³-hybridized carbons (Fsp3) is 0.115. The number of halogens is 2. The van der Waals surface area contributed by atoms with Crippen molar-refractivity contribution >= 4 is 51.2 Å². The number of nitrogens with zero attached hydrogens (tertiary/aromatic N) is 1. The summed E-state index contributed by atoms with van der Waals surface area (Å²) in [5.74, 6) is -0.535. The molecule has 8 heteroatoms. The second-order valence-corrected chi connectivity index (χ2v) is 8.37. The van der Waals surface area contributed by atoms with Crippen LogP contribution in [0.3, 0.4) is 0 Å². The average molecular weight is 540 g/mol. The fourth-order valence-electron chi connectivity index (χ4n) is 2.96. The highest BCUT2D eigenvalue weighted by molar-refractivity contribution is 9.10. The topological polar surface area (TPSA) is 88.4 Å². The van der Waals surface area contributed by atoms with Gasteiger partial charge in [-0.2, -0.15) is 5.26 Å². The van der Waals surface area contributed by atoms with Crippen molar-refractivity contribution < 1.29 is 19.1 Å². The lowest BCUT2D eigenvalue weighted by Crippen LogP contribution is -2.14. The Morgan fingerprint density at radius 3 is 2.56 bits per heavy atom. The average Bonchev–Trinajstić information content (AvgIpc) is 2.82. The number of hydrogen-bond acceptors (Lipinski definition) is 5. The Morgan fingerprint density at radius 1 is 1.12 bits per heavy atom. The monoisotopic (exact) mass is 538 g/mol. The largest absolute Gasteiger partial charge is 0.488 e. The molecule has 6 nitrogen and oxygen atoms in total. The van der Waals surface area contributed by atoms with Crippen molar-refractivity contribution in [1.82, 2.24) is 0 Å². The summed E-state index contributed by atoms with van der Waals surface area (Å²) < 4.78 is 11.6. The molecule has 0 radical (unpaired) electrons. The van der Waals surface area contributed by atoms with E-state index in [-0.39, 0.29) is 18.8 Å². The smallest absolute Gasteiger partial charge is 0.338 e. The Bertz CT molecular complexity index is 1270. The first-order valence-corrected chi connectivity index (χ1v) is 11.4. The lowest BCUT2D eigenvalue weighted by molar-refractivity contribution is -0.112. The van der Waals surface area contributed by atoms with Crippen molar-refractivity contribution in [3.05, 3.63) is 98.5 Å². The van der Waals surface area contributed by atoms with E-state index in [0.29, 0.717) is 27.6 Å². The van der Waals surface area contributed by atoms with Gasteiger partial charge in [0.2, 0.25) is 0 Å². The Morgan fingerprint density at radius 2 is 1.88 bits per heavy atom. The van der Waals surface area contributed by atoms with Crippen LogP contribution in [-0.2, 0) is 16.1 Å². The summed E-state index contributed by atoms with van der Waals surface area (Å²) in [4.78, 5) is 24.5. The summed E-state index contributed by atoms with van der Waals surface area (Å²) in [6.45, 7) is 2.26. The van der Waals surface area contributed by atoms with E-state index in [1.165, 1.54) is 6.08 Å². The maximum atomic E-state index is 12.7. The number of esters is 1. The molecule has 0 atom stereocenters.